The first-order valence-electron chi connectivity index (χ1n) is 11.7. The normalized spacial score (nSPS) is 16.3. The first-order chi connectivity index (χ1) is 17.3. The van der Waals surface area contributed by atoms with Gasteiger partial charge in [-0.1, -0.05) is 0 Å². The fraction of sp³-hybridized carbons (Fsp3) is 0.333. The van der Waals surface area contributed by atoms with Crippen molar-refractivity contribution in [1.82, 2.24) is 29.8 Å². The van der Waals surface area contributed by atoms with Crippen LogP contribution in [0.4, 0.5) is 23.1 Å². The fourth-order valence-corrected chi connectivity index (χ4v) is 4.73. The molecule has 0 radical (unpaired) electrons. The molecule has 0 spiro atoms. The summed E-state index contributed by atoms with van der Waals surface area (Å²) in [6, 6.07) is 10.7. The van der Waals surface area contributed by atoms with E-state index in [4.69, 9.17) is 4.98 Å². The van der Waals surface area contributed by atoms with Crippen LogP contribution in [0.25, 0.3) is 11.0 Å². The molecule has 4 aromatic rings. The molecule has 3 aromatic heterocycles. The van der Waals surface area contributed by atoms with Gasteiger partial charge in [-0.25, -0.2) is 18.4 Å². The first-order valence-corrected chi connectivity index (χ1v) is 13.5. The van der Waals surface area contributed by atoms with Gasteiger partial charge in [0.2, 0.25) is 16.0 Å². The van der Waals surface area contributed by atoms with Gasteiger partial charge >= 0.3 is 0 Å². The molecular formula is C24H29N9O2S. The fourth-order valence-electron chi connectivity index (χ4n) is 4.26. The highest BCUT2D eigenvalue weighted by molar-refractivity contribution is 7.92. The zero-order valence-corrected chi connectivity index (χ0v) is 21.3. The van der Waals surface area contributed by atoms with E-state index in [1.807, 2.05) is 29.0 Å². The molecule has 1 saturated heterocycles. The van der Waals surface area contributed by atoms with Crippen LogP contribution in [0, 0.1) is 0 Å². The molecule has 12 heteroatoms. The van der Waals surface area contributed by atoms with E-state index in [0.29, 0.717) is 29.9 Å². The Labute approximate surface area is 210 Å². The van der Waals surface area contributed by atoms with Crippen LogP contribution in [0.2, 0.25) is 0 Å². The summed E-state index contributed by atoms with van der Waals surface area (Å²) in [6.07, 6.45) is 7.81. The zero-order chi connectivity index (χ0) is 25.3. The molecule has 0 amide bonds. The Bertz CT molecular complexity index is 1470. The lowest BCUT2D eigenvalue weighted by Crippen LogP contribution is -2.49. The molecule has 4 heterocycles. The number of anilines is 4. The maximum atomic E-state index is 12.1. The second-order valence-electron chi connectivity index (χ2n) is 8.95. The van der Waals surface area contributed by atoms with Crippen molar-refractivity contribution in [3.8, 4) is 0 Å². The molecule has 1 fully saturated rings. The average Bonchev–Trinajstić information content (AvgIpc) is 3.26. The van der Waals surface area contributed by atoms with Gasteiger partial charge in [-0.15, -0.1) is 0 Å². The van der Waals surface area contributed by atoms with E-state index >= 15 is 0 Å². The quantitative estimate of drug-likeness (QED) is 0.388. The highest BCUT2D eigenvalue weighted by Gasteiger charge is 2.19. The summed E-state index contributed by atoms with van der Waals surface area (Å²) in [4.78, 5) is 20.2. The third-order valence-corrected chi connectivity index (χ3v) is 7.40. The number of benzene rings is 1. The second kappa shape index (κ2) is 9.70. The molecule has 1 aromatic carbocycles. The minimum Gasteiger partial charge on any atom is -0.369 e. The van der Waals surface area contributed by atoms with E-state index in [1.165, 1.54) is 18.9 Å². The van der Waals surface area contributed by atoms with Crippen LogP contribution < -0.4 is 19.8 Å². The van der Waals surface area contributed by atoms with Crippen molar-refractivity contribution < 1.29 is 8.42 Å². The molecule has 0 aliphatic carbocycles. The van der Waals surface area contributed by atoms with E-state index in [-0.39, 0.29) is 5.82 Å². The van der Waals surface area contributed by atoms with Crippen molar-refractivity contribution in [2.75, 3.05) is 47.5 Å². The number of aromatic nitrogens is 5. The van der Waals surface area contributed by atoms with Crippen LogP contribution >= 0.6 is 0 Å². The molecule has 11 nitrogen and oxygen atoms in total. The predicted molar refractivity (Wildman–Crippen MR) is 141 cm³/mol. The summed E-state index contributed by atoms with van der Waals surface area (Å²) < 4.78 is 27.2. The second-order valence-corrected chi connectivity index (χ2v) is 11.0. The minimum absolute atomic E-state index is 0.285. The first kappa shape index (κ1) is 23.9. The summed E-state index contributed by atoms with van der Waals surface area (Å²) in [6.45, 7) is 5.45. The Kier molecular flexibility index (Phi) is 6.46. The number of fused-ring (bicyclic) bond motifs is 1. The number of hydrogen-bond acceptors (Lipinski definition) is 9. The monoisotopic (exact) mass is 507 g/mol. The maximum absolute atomic E-state index is 12.1. The van der Waals surface area contributed by atoms with Crippen LogP contribution in [0.3, 0.4) is 0 Å². The number of sulfonamides is 1. The SMILES string of the molecule is C[C@H]1CN(c2ccc(Nc3ncc4ccn(Cc5nccnc5N(C)S(C)(=O)=O)c4n3)cc2)CCN1. The molecule has 0 bridgehead atoms. The summed E-state index contributed by atoms with van der Waals surface area (Å²) >= 11 is 0. The maximum Gasteiger partial charge on any atom is 0.233 e. The van der Waals surface area contributed by atoms with E-state index in [1.54, 1.807) is 12.4 Å². The van der Waals surface area contributed by atoms with E-state index in [2.05, 4.69) is 49.5 Å². The summed E-state index contributed by atoms with van der Waals surface area (Å²) in [5, 5.41) is 7.61. The largest absolute Gasteiger partial charge is 0.369 e. The third-order valence-electron chi connectivity index (χ3n) is 6.23. The molecule has 0 saturated carbocycles. The van der Waals surface area contributed by atoms with Gasteiger partial charge in [0.25, 0.3) is 0 Å². The Hall–Kier alpha value is -3.77. The molecule has 0 unspecified atom stereocenters. The molecule has 36 heavy (non-hydrogen) atoms. The highest BCUT2D eigenvalue weighted by Crippen LogP contribution is 2.23. The van der Waals surface area contributed by atoms with Crippen molar-refractivity contribution in [1.29, 1.82) is 0 Å². The van der Waals surface area contributed by atoms with Crippen LogP contribution in [0.5, 0.6) is 0 Å². The zero-order valence-electron chi connectivity index (χ0n) is 20.5. The number of piperazine rings is 1. The summed E-state index contributed by atoms with van der Waals surface area (Å²) in [7, 11) is -2.01. The van der Waals surface area contributed by atoms with Gasteiger partial charge in [-0.2, -0.15) is 4.98 Å². The highest BCUT2D eigenvalue weighted by atomic mass is 32.2. The smallest absolute Gasteiger partial charge is 0.233 e. The van der Waals surface area contributed by atoms with Crippen molar-refractivity contribution in [3.63, 3.8) is 0 Å². The Morgan fingerprint density at radius 3 is 2.67 bits per heavy atom. The van der Waals surface area contributed by atoms with Crippen LogP contribution in [-0.2, 0) is 16.6 Å². The summed E-state index contributed by atoms with van der Waals surface area (Å²) in [5.41, 5.74) is 3.31. The van der Waals surface area contributed by atoms with Gasteiger partial charge in [-0.05, 0) is 37.3 Å². The molecule has 2 N–H and O–H groups in total. The Morgan fingerprint density at radius 1 is 1.14 bits per heavy atom. The lowest BCUT2D eigenvalue weighted by molar-refractivity contribution is 0.485. The molecule has 1 aliphatic rings. The molecule has 1 atom stereocenters. The van der Waals surface area contributed by atoms with E-state index < -0.39 is 10.0 Å². The lowest BCUT2D eigenvalue weighted by atomic mass is 10.2. The van der Waals surface area contributed by atoms with Crippen molar-refractivity contribution in [3.05, 3.63) is 60.8 Å². The van der Waals surface area contributed by atoms with Gasteiger partial charge in [-0.3, -0.25) is 9.29 Å². The predicted octanol–water partition coefficient (Wildman–Crippen LogP) is 2.21. The van der Waals surface area contributed by atoms with Crippen molar-refractivity contribution >= 4 is 44.2 Å². The van der Waals surface area contributed by atoms with E-state index in [9.17, 15) is 8.42 Å². The van der Waals surface area contributed by atoms with Crippen LogP contribution in [0.1, 0.15) is 12.6 Å². The van der Waals surface area contributed by atoms with E-state index in [0.717, 1.165) is 41.3 Å². The third kappa shape index (κ3) is 5.09. The summed E-state index contributed by atoms with van der Waals surface area (Å²) in [5.74, 6) is 0.756. The van der Waals surface area contributed by atoms with Gasteiger partial charge in [0.15, 0.2) is 5.82 Å². The molecular weight excluding hydrogens is 478 g/mol. The molecule has 5 rings (SSSR count). The van der Waals surface area contributed by atoms with Gasteiger partial charge < -0.3 is 20.1 Å². The Morgan fingerprint density at radius 2 is 1.92 bits per heavy atom. The molecule has 188 valence electrons. The minimum atomic E-state index is -3.47. The average molecular weight is 508 g/mol. The lowest BCUT2D eigenvalue weighted by Gasteiger charge is -2.33. The number of hydrogen-bond donors (Lipinski definition) is 2. The van der Waals surface area contributed by atoms with Crippen molar-refractivity contribution in [2.24, 2.45) is 0 Å². The van der Waals surface area contributed by atoms with Crippen molar-refractivity contribution in [2.45, 2.75) is 19.5 Å². The van der Waals surface area contributed by atoms with Gasteiger partial charge in [0.05, 0.1) is 12.8 Å². The van der Waals surface area contributed by atoms with Crippen LogP contribution in [-0.4, -0.2) is 71.9 Å². The standard InChI is InChI=1S/C24H29N9O2S/c1-17-15-32(13-11-25-17)20-6-4-19(5-7-20)29-24-28-14-18-8-12-33(22(18)30-24)16-21-23(27-10-9-26-21)31(2)36(3,34)35/h4-10,12,14,17,25H,11,13,15-16H2,1-3H3,(H,28,29,30)/t17-/m0/s1. The Balaban J connectivity index is 1.36. The van der Waals surface area contributed by atoms with Crippen LogP contribution in [0.15, 0.2) is 55.1 Å². The van der Waals surface area contributed by atoms with Gasteiger partial charge in [0.1, 0.15) is 11.3 Å². The number of nitrogens with one attached hydrogen (secondary N) is 2. The molecule has 1 aliphatic heterocycles. The number of rotatable bonds is 7. The topological polar surface area (TPSA) is 121 Å². The van der Waals surface area contributed by atoms with Gasteiger partial charge in [0, 0.05) is 74.3 Å². The number of nitrogens with zero attached hydrogens (tertiary/aromatic N) is 7.